The lowest BCUT2D eigenvalue weighted by Gasteiger charge is -2.30. The second-order valence-corrected chi connectivity index (χ2v) is 8.46. The van der Waals surface area contributed by atoms with Crippen molar-refractivity contribution in [2.24, 2.45) is 0 Å². The van der Waals surface area contributed by atoms with Crippen molar-refractivity contribution >= 4 is 22.6 Å². The van der Waals surface area contributed by atoms with E-state index in [4.69, 9.17) is 9.84 Å². The van der Waals surface area contributed by atoms with Gasteiger partial charge < -0.3 is 15.2 Å². The Hall–Kier alpha value is -4.00. The van der Waals surface area contributed by atoms with Gasteiger partial charge in [-0.1, -0.05) is 12.1 Å². The number of aromatic nitrogens is 4. The summed E-state index contributed by atoms with van der Waals surface area (Å²) in [5, 5.41) is 19.8. The van der Waals surface area contributed by atoms with E-state index in [2.05, 4.69) is 20.5 Å². The van der Waals surface area contributed by atoms with E-state index in [1.165, 1.54) is 46.9 Å². The summed E-state index contributed by atoms with van der Waals surface area (Å²) >= 11 is 0. The van der Waals surface area contributed by atoms with Crippen LogP contribution in [0.5, 0.6) is 5.75 Å². The Labute approximate surface area is 201 Å². The molecule has 1 amide bonds. The van der Waals surface area contributed by atoms with E-state index in [9.17, 15) is 22.4 Å². The molecule has 13 heteroatoms. The number of rotatable bonds is 5. The van der Waals surface area contributed by atoms with Crippen LogP contribution in [0.1, 0.15) is 18.0 Å². The fourth-order valence-corrected chi connectivity index (χ4v) is 4.57. The average molecular weight is 504 g/mol. The minimum Gasteiger partial charge on any atom is -0.494 e. The van der Waals surface area contributed by atoms with Crippen molar-refractivity contribution in [3.8, 4) is 17.3 Å². The Kier molecular flexibility index (Phi) is 5.86. The lowest BCUT2D eigenvalue weighted by atomic mass is 10.1. The highest BCUT2D eigenvalue weighted by Gasteiger charge is 2.47. The van der Waals surface area contributed by atoms with Gasteiger partial charge in [0.1, 0.15) is 11.7 Å². The summed E-state index contributed by atoms with van der Waals surface area (Å²) in [6.07, 6.45) is -4.30. The summed E-state index contributed by atoms with van der Waals surface area (Å²) in [7, 11) is 1.33. The first-order valence-corrected chi connectivity index (χ1v) is 10.9. The fraction of sp³-hybridized carbons (Fsp3) is 0.304. The lowest BCUT2D eigenvalue weighted by molar-refractivity contribution is -0.184. The number of amides is 1. The number of hydrogen-bond acceptors (Lipinski definition) is 6. The van der Waals surface area contributed by atoms with Crippen LogP contribution in [0.25, 0.3) is 28.1 Å². The molecule has 4 aromatic rings. The number of methoxy groups -OCH3 is 1. The van der Waals surface area contributed by atoms with E-state index in [0.717, 1.165) is 0 Å². The Morgan fingerprint density at radius 2 is 2.03 bits per heavy atom. The van der Waals surface area contributed by atoms with E-state index in [1.807, 2.05) is 0 Å². The van der Waals surface area contributed by atoms with E-state index >= 15 is 0 Å². The third-order valence-corrected chi connectivity index (χ3v) is 6.16. The molecule has 2 atom stereocenters. The Bertz CT molecular complexity index is 1460. The van der Waals surface area contributed by atoms with E-state index < -0.39 is 30.2 Å². The van der Waals surface area contributed by atoms with Gasteiger partial charge in [0, 0.05) is 36.8 Å². The molecule has 0 bridgehead atoms. The number of fused-ring (bicyclic) bond motifs is 2. The molecule has 36 heavy (non-hydrogen) atoms. The minimum atomic E-state index is -4.61. The molecule has 1 aromatic carbocycles. The average Bonchev–Trinajstić information content (AvgIpc) is 3.44. The molecule has 1 fully saturated rings. The van der Waals surface area contributed by atoms with E-state index in [-0.39, 0.29) is 36.6 Å². The summed E-state index contributed by atoms with van der Waals surface area (Å²) in [5.41, 5.74) is 1.02. The molecule has 2 N–H and O–H groups in total. The van der Waals surface area contributed by atoms with Crippen molar-refractivity contribution in [1.82, 2.24) is 29.8 Å². The Balaban J connectivity index is 1.54. The third kappa shape index (κ3) is 4.37. The Morgan fingerprint density at radius 1 is 1.22 bits per heavy atom. The molecular weight excluding hydrogens is 484 g/mol. The maximum Gasteiger partial charge on any atom is 0.408 e. The fourth-order valence-electron chi connectivity index (χ4n) is 4.57. The molecule has 0 spiro atoms. The van der Waals surface area contributed by atoms with E-state index in [1.54, 1.807) is 12.1 Å². The first-order chi connectivity index (χ1) is 17.1. The predicted octanol–water partition coefficient (Wildman–Crippen LogP) is 4.04. The monoisotopic (exact) mass is 504 g/mol. The zero-order valence-corrected chi connectivity index (χ0v) is 18.8. The van der Waals surface area contributed by atoms with Crippen molar-refractivity contribution in [2.75, 3.05) is 20.2 Å². The summed E-state index contributed by atoms with van der Waals surface area (Å²) < 4.78 is 63.1. The normalized spacial score (nSPS) is 17.5. The summed E-state index contributed by atoms with van der Waals surface area (Å²) in [4.78, 5) is 16.6. The SMILES string of the molecule is COc1cc2nc(-c3nnc4ccc([C@@H](N5CC[C@H](NC(=O)O)C5)C(F)(F)F)cn34)ccc2cc1F. The van der Waals surface area contributed by atoms with E-state index in [0.29, 0.717) is 22.2 Å². The standard InChI is InChI=1S/C23H20F4N6O3/c1-36-18-9-17-12(8-15(18)24)2-4-16(29-17)21-31-30-19-5-3-13(10-33(19)21)20(23(25,26)27)32-7-6-14(11-32)28-22(34)35/h2-5,8-10,14,20,28H,6-7,11H2,1H3,(H,34,35)/t14-,20+/m0/s1. The lowest BCUT2D eigenvalue weighted by Crippen LogP contribution is -2.40. The largest absolute Gasteiger partial charge is 0.494 e. The van der Waals surface area contributed by atoms with Gasteiger partial charge in [-0.2, -0.15) is 13.2 Å². The molecule has 0 radical (unpaired) electrons. The quantitative estimate of drug-likeness (QED) is 0.396. The van der Waals surface area contributed by atoms with Gasteiger partial charge in [-0.15, -0.1) is 10.2 Å². The molecule has 1 aliphatic heterocycles. The van der Waals surface area contributed by atoms with Crippen molar-refractivity contribution in [3.05, 3.63) is 54.0 Å². The molecule has 5 rings (SSSR count). The smallest absolute Gasteiger partial charge is 0.408 e. The van der Waals surface area contributed by atoms with Crippen molar-refractivity contribution in [2.45, 2.75) is 24.7 Å². The van der Waals surface area contributed by atoms with Gasteiger partial charge in [0.25, 0.3) is 0 Å². The first kappa shape index (κ1) is 23.7. The number of carboxylic acid groups (broad SMARTS) is 1. The van der Waals surface area contributed by atoms with Gasteiger partial charge in [-0.3, -0.25) is 9.30 Å². The summed E-state index contributed by atoms with van der Waals surface area (Å²) in [6.45, 7) is 0.000983. The van der Waals surface area contributed by atoms with Crippen molar-refractivity contribution in [3.63, 3.8) is 0 Å². The Morgan fingerprint density at radius 3 is 2.75 bits per heavy atom. The van der Waals surface area contributed by atoms with Gasteiger partial charge in [0.05, 0.1) is 12.6 Å². The number of hydrogen-bond donors (Lipinski definition) is 2. The number of carbonyl (C=O) groups is 1. The molecule has 9 nitrogen and oxygen atoms in total. The third-order valence-electron chi connectivity index (χ3n) is 6.16. The van der Waals surface area contributed by atoms with Crippen LogP contribution in [-0.4, -0.2) is 68.1 Å². The highest BCUT2D eigenvalue weighted by molar-refractivity contribution is 5.82. The zero-order valence-electron chi connectivity index (χ0n) is 18.8. The maximum atomic E-state index is 14.2. The molecule has 0 aliphatic carbocycles. The first-order valence-electron chi connectivity index (χ1n) is 10.9. The van der Waals surface area contributed by atoms with Crippen LogP contribution in [0.4, 0.5) is 22.4 Å². The van der Waals surface area contributed by atoms with Crippen molar-refractivity contribution < 1.29 is 32.2 Å². The second-order valence-electron chi connectivity index (χ2n) is 8.46. The number of halogens is 4. The topological polar surface area (TPSA) is 105 Å². The van der Waals surface area contributed by atoms with Gasteiger partial charge in [-0.25, -0.2) is 14.2 Å². The number of nitrogens with one attached hydrogen (secondary N) is 1. The van der Waals surface area contributed by atoms with Gasteiger partial charge in [-0.05, 0) is 30.2 Å². The maximum absolute atomic E-state index is 14.2. The van der Waals surface area contributed by atoms with Crippen molar-refractivity contribution in [1.29, 1.82) is 0 Å². The van der Waals surface area contributed by atoms with Crippen LogP contribution in [0.2, 0.25) is 0 Å². The van der Waals surface area contributed by atoms with Crippen LogP contribution in [0, 0.1) is 5.82 Å². The van der Waals surface area contributed by atoms with Crippen LogP contribution in [-0.2, 0) is 0 Å². The molecule has 4 heterocycles. The van der Waals surface area contributed by atoms with Crippen LogP contribution in [0.15, 0.2) is 42.6 Å². The number of likely N-dealkylation sites (tertiary alicyclic amines) is 1. The van der Waals surface area contributed by atoms with Crippen LogP contribution < -0.4 is 10.1 Å². The molecule has 188 valence electrons. The predicted molar refractivity (Wildman–Crippen MR) is 120 cm³/mol. The van der Waals surface area contributed by atoms with Crippen LogP contribution in [0.3, 0.4) is 0 Å². The highest BCUT2D eigenvalue weighted by atomic mass is 19.4. The number of pyridine rings is 2. The van der Waals surface area contributed by atoms with Crippen LogP contribution >= 0.6 is 0 Å². The summed E-state index contributed by atoms with van der Waals surface area (Å²) in [6, 6.07) is 6.15. The molecule has 0 saturated carbocycles. The zero-order chi connectivity index (χ0) is 25.6. The second kappa shape index (κ2) is 8.90. The number of nitrogens with zero attached hydrogens (tertiary/aromatic N) is 5. The highest BCUT2D eigenvalue weighted by Crippen LogP contribution is 2.40. The number of alkyl halides is 3. The summed E-state index contributed by atoms with van der Waals surface area (Å²) in [5.74, 6) is -0.322. The molecule has 3 aromatic heterocycles. The molecular formula is C23H20F4N6O3. The van der Waals surface area contributed by atoms with Gasteiger partial charge in [0.15, 0.2) is 23.0 Å². The number of benzene rings is 1. The molecule has 1 saturated heterocycles. The number of ether oxygens (including phenoxy) is 1. The van der Waals surface area contributed by atoms with Gasteiger partial charge in [0.2, 0.25) is 0 Å². The van der Waals surface area contributed by atoms with Gasteiger partial charge >= 0.3 is 12.3 Å². The molecule has 1 aliphatic rings. The molecule has 0 unspecified atom stereocenters. The minimum absolute atomic E-state index is 0.00913.